The maximum Gasteiger partial charge on any atom is 0.223 e. The van der Waals surface area contributed by atoms with Crippen molar-refractivity contribution >= 4 is 17.7 Å². The molecule has 1 heterocycles. The highest BCUT2D eigenvalue weighted by Crippen LogP contribution is 2.33. The topological polar surface area (TPSA) is 64.4 Å². The first-order valence-corrected chi connectivity index (χ1v) is 8.54. The highest BCUT2D eigenvalue weighted by atomic mass is 32.2. The predicted molar refractivity (Wildman–Crippen MR) is 79.2 cm³/mol. The molecule has 2 fully saturated rings. The lowest BCUT2D eigenvalue weighted by atomic mass is 9.85. The van der Waals surface area contributed by atoms with Crippen molar-refractivity contribution in [1.82, 2.24) is 5.32 Å². The Hall–Kier alpha value is -0.260. The number of hydrogen-bond donors (Lipinski definition) is 2. The summed E-state index contributed by atoms with van der Waals surface area (Å²) in [5, 5.41) is 3.16. The molecule has 1 aliphatic heterocycles. The lowest BCUT2D eigenvalue weighted by molar-refractivity contribution is -0.126. The van der Waals surface area contributed by atoms with Gasteiger partial charge in [-0.1, -0.05) is 6.42 Å². The summed E-state index contributed by atoms with van der Waals surface area (Å²) in [5.74, 6) is 0.331. The Morgan fingerprint density at radius 3 is 2.79 bits per heavy atom. The number of amides is 1. The second-order valence-electron chi connectivity index (χ2n) is 5.84. The van der Waals surface area contributed by atoms with Crippen LogP contribution < -0.4 is 11.1 Å². The van der Waals surface area contributed by atoms with Crippen molar-refractivity contribution in [2.24, 2.45) is 11.7 Å². The minimum absolute atomic E-state index is 0.127. The van der Waals surface area contributed by atoms with Crippen LogP contribution in [0.15, 0.2) is 0 Å². The summed E-state index contributed by atoms with van der Waals surface area (Å²) < 4.78 is 5.59. The van der Waals surface area contributed by atoms with Crippen LogP contribution in [0.2, 0.25) is 0 Å². The van der Waals surface area contributed by atoms with E-state index in [4.69, 9.17) is 10.5 Å². The van der Waals surface area contributed by atoms with Gasteiger partial charge in [0.15, 0.2) is 0 Å². The Bertz CT molecular complexity index is 306. The molecule has 110 valence electrons. The zero-order chi connectivity index (χ0) is 13.7. The largest absolute Gasteiger partial charge is 0.381 e. The molecule has 1 aliphatic carbocycles. The number of nitrogens with two attached hydrogens (primary N) is 1. The van der Waals surface area contributed by atoms with Crippen LogP contribution >= 0.6 is 11.8 Å². The molecular formula is C14H26N2O2S. The van der Waals surface area contributed by atoms with Gasteiger partial charge >= 0.3 is 0 Å². The van der Waals surface area contributed by atoms with Gasteiger partial charge in [0.1, 0.15) is 0 Å². The fourth-order valence-electron chi connectivity index (χ4n) is 3.05. The van der Waals surface area contributed by atoms with Crippen molar-refractivity contribution in [2.45, 2.75) is 49.3 Å². The number of ether oxygens (including phenoxy) is 1. The molecule has 4 nitrogen and oxygen atoms in total. The Morgan fingerprint density at radius 1 is 1.42 bits per heavy atom. The minimum Gasteiger partial charge on any atom is -0.381 e. The van der Waals surface area contributed by atoms with Crippen LogP contribution in [0.1, 0.15) is 38.5 Å². The number of nitrogens with one attached hydrogen (secondary N) is 1. The highest BCUT2D eigenvalue weighted by molar-refractivity contribution is 8.00. The first-order chi connectivity index (χ1) is 9.15. The molecule has 5 heteroatoms. The summed E-state index contributed by atoms with van der Waals surface area (Å²) in [6.45, 7) is 2.39. The molecule has 0 aromatic carbocycles. The van der Waals surface area contributed by atoms with Crippen LogP contribution in [0.5, 0.6) is 0 Å². The van der Waals surface area contributed by atoms with E-state index in [9.17, 15) is 4.79 Å². The van der Waals surface area contributed by atoms with Crippen LogP contribution in [-0.4, -0.2) is 42.7 Å². The third kappa shape index (κ3) is 4.10. The summed E-state index contributed by atoms with van der Waals surface area (Å²) in [4.78, 5) is 12.2. The Morgan fingerprint density at radius 2 is 2.16 bits per heavy atom. The summed E-state index contributed by atoms with van der Waals surface area (Å²) in [6, 6.07) is 0.210. The van der Waals surface area contributed by atoms with Crippen molar-refractivity contribution in [3.8, 4) is 0 Å². The van der Waals surface area contributed by atoms with E-state index in [2.05, 4.69) is 11.6 Å². The van der Waals surface area contributed by atoms with Crippen LogP contribution in [0.25, 0.3) is 0 Å². The van der Waals surface area contributed by atoms with E-state index in [0.717, 1.165) is 58.3 Å². The smallest absolute Gasteiger partial charge is 0.223 e. The first-order valence-electron chi connectivity index (χ1n) is 7.31. The molecule has 0 spiro atoms. The number of thioether (sulfide) groups is 1. The summed E-state index contributed by atoms with van der Waals surface area (Å²) in [7, 11) is 0. The predicted octanol–water partition coefficient (Wildman–Crippen LogP) is 1.53. The zero-order valence-electron chi connectivity index (χ0n) is 11.8. The van der Waals surface area contributed by atoms with E-state index in [0.29, 0.717) is 0 Å². The van der Waals surface area contributed by atoms with E-state index < -0.39 is 0 Å². The van der Waals surface area contributed by atoms with Gasteiger partial charge in [-0.15, -0.1) is 0 Å². The van der Waals surface area contributed by atoms with Gasteiger partial charge in [-0.25, -0.2) is 0 Å². The molecule has 1 amide bonds. The fraction of sp³-hybridized carbons (Fsp3) is 0.929. The number of carbonyl (C=O) groups is 1. The Labute approximate surface area is 120 Å². The van der Waals surface area contributed by atoms with E-state index in [1.807, 2.05) is 11.8 Å². The average Bonchev–Trinajstić information content (AvgIpc) is 2.46. The van der Waals surface area contributed by atoms with Crippen molar-refractivity contribution in [2.75, 3.05) is 26.0 Å². The molecule has 3 N–H and O–H groups in total. The van der Waals surface area contributed by atoms with E-state index >= 15 is 0 Å². The molecule has 0 aromatic rings. The Balaban J connectivity index is 1.81. The van der Waals surface area contributed by atoms with Crippen LogP contribution in [0.3, 0.4) is 0 Å². The van der Waals surface area contributed by atoms with E-state index in [-0.39, 0.29) is 22.6 Å². The lowest BCUT2D eigenvalue weighted by Crippen LogP contribution is -2.46. The monoisotopic (exact) mass is 286 g/mol. The molecule has 0 aromatic heterocycles. The number of rotatable bonds is 4. The van der Waals surface area contributed by atoms with Crippen LogP contribution in [-0.2, 0) is 9.53 Å². The van der Waals surface area contributed by atoms with Crippen LogP contribution in [0, 0.1) is 5.92 Å². The summed E-state index contributed by atoms with van der Waals surface area (Å²) in [5.41, 5.74) is 5.95. The average molecular weight is 286 g/mol. The molecule has 0 bridgehead atoms. The van der Waals surface area contributed by atoms with Gasteiger partial charge in [-0.3, -0.25) is 4.79 Å². The number of hydrogen-bond acceptors (Lipinski definition) is 4. The van der Waals surface area contributed by atoms with Crippen molar-refractivity contribution in [3.63, 3.8) is 0 Å². The fourth-order valence-corrected chi connectivity index (χ4v) is 3.85. The maximum absolute atomic E-state index is 12.2. The van der Waals surface area contributed by atoms with E-state index in [1.54, 1.807) is 0 Å². The van der Waals surface area contributed by atoms with Crippen molar-refractivity contribution in [3.05, 3.63) is 0 Å². The van der Waals surface area contributed by atoms with Gasteiger partial charge in [0, 0.05) is 36.5 Å². The van der Waals surface area contributed by atoms with E-state index in [1.165, 1.54) is 0 Å². The van der Waals surface area contributed by atoms with Crippen molar-refractivity contribution in [1.29, 1.82) is 0 Å². The molecule has 2 aliphatic rings. The van der Waals surface area contributed by atoms with Gasteiger partial charge in [0.05, 0.1) is 0 Å². The highest BCUT2D eigenvalue weighted by Gasteiger charge is 2.33. The molecule has 1 saturated heterocycles. The summed E-state index contributed by atoms with van der Waals surface area (Å²) >= 11 is 1.86. The molecule has 0 radical (unpaired) electrons. The van der Waals surface area contributed by atoms with Crippen LogP contribution in [0.4, 0.5) is 0 Å². The second-order valence-corrected chi connectivity index (χ2v) is 7.12. The third-order valence-electron chi connectivity index (χ3n) is 4.51. The molecule has 2 unspecified atom stereocenters. The van der Waals surface area contributed by atoms with Crippen molar-refractivity contribution < 1.29 is 9.53 Å². The molecule has 1 saturated carbocycles. The SMILES string of the molecule is CSC1(CNC(=O)C2CCCC(N)C2)CCOCC1. The van der Waals surface area contributed by atoms with Gasteiger partial charge in [0.2, 0.25) is 5.91 Å². The molecule has 2 rings (SSSR count). The molecule has 19 heavy (non-hydrogen) atoms. The van der Waals surface area contributed by atoms with Gasteiger partial charge in [0.25, 0.3) is 0 Å². The summed E-state index contributed by atoms with van der Waals surface area (Å²) in [6.07, 6.45) is 8.18. The maximum atomic E-state index is 12.2. The molecular weight excluding hydrogens is 260 g/mol. The van der Waals surface area contributed by atoms with Gasteiger partial charge in [-0.05, 0) is 38.4 Å². The number of carbonyl (C=O) groups excluding carboxylic acids is 1. The Kier molecular flexibility index (Phi) is 5.54. The first kappa shape index (κ1) is 15.1. The standard InChI is InChI=1S/C14H26N2O2S/c1-19-14(5-7-18-8-6-14)10-16-13(17)11-3-2-4-12(15)9-11/h11-12H,2-10,15H2,1H3,(H,16,17). The van der Waals surface area contributed by atoms with Gasteiger partial charge in [-0.2, -0.15) is 11.8 Å². The minimum atomic E-state index is 0.127. The third-order valence-corrected chi connectivity index (χ3v) is 5.93. The second kappa shape index (κ2) is 6.95. The zero-order valence-corrected chi connectivity index (χ0v) is 12.6. The lowest BCUT2D eigenvalue weighted by Gasteiger charge is -2.36. The molecule has 2 atom stereocenters. The van der Waals surface area contributed by atoms with Gasteiger partial charge < -0.3 is 15.8 Å². The normalized spacial score (nSPS) is 30.8. The quantitative estimate of drug-likeness (QED) is 0.822.